The zero-order valence-corrected chi connectivity index (χ0v) is 12.6. The molecule has 21 heavy (non-hydrogen) atoms. The van der Waals surface area contributed by atoms with Crippen LogP contribution in [0.15, 0.2) is 18.7 Å². The second-order valence-corrected chi connectivity index (χ2v) is 6.40. The lowest BCUT2D eigenvalue weighted by Gasteiger charge is -2.30. The van der Waals surface area contributed by atoms with Crippen LogP contribution >= 0.6 is 0 Å². The Labute approximate surface area is 124 Å². The van der Waals surface area contributed by atoms with Gasteiger partial charge in [0.15, 0.2) is 0 Å². The first-order chi connectivity index (χ1) is 9.71. The van der Waals surface area contributed by atoms with Gasteiger partial charge in [-0.25, -0.2) is 14.8 Å². The summed E-state index contributed by atoms with van der Waals surface area (Å²) in [5.74, 6) is 0. The second kappa shape index (κ2) is 5.57. The van der Waals surface area contributed by atoms with E-state index in [1.165, 1.54) is 11.2 Å². The molecule has 0 radical (unpaired) electrons. The van der Waals surface area contributed by atoms with Gasteiger partial charge in [0.25, 0.3) is 0 Å². The molecule has 7 nitrogen and oxygen atoms in total. The molecule has 0 bridgehead atoms. The molecular weight excluding hydrogens is 272 g/mol. The Bertz CT molecular complexity index is 503. The minimum Gasteiger partial charge on any atom is -0.444 e. The van der Waals surface area contributed by atoms with Gasteiger partial charge in [0.2, 0.25) is 0 Å². The molecule has 2 rings (SSSR count). The Hall–Kier alpha value is -1.73. The molecule has 0 aliphatic carbocycles. The van der Waals surface area contributed by atoms with Crippen molar-refractivity contribution in [3.05, 3.63) is 24.3 Å². The number of hydrogen-bond acceptors (Lipinski definition) is 6. The number of rotatable bonds is 2. The molecule has 1 aromatic heterocycles. The predicted octanol–water partition coefficient (Wildman–Crippen LogP) is 0.848. The van der Waals surface area contributed by atoms with E-state index in [0.29, 0.717) is 18.5 Å². The van der Waals surface area contributed by atoms with Crippen LogP contribution in [0.3, 0.4) is 0 Å². The molecule has 0 spiro atoms. The number of carbonyl (C=O) groups is 1. The minimum atomic E-state index is -1.19. The fraction of sp³-hybridized carbons (Fsp3) is 0.643. The maximum atomic E-state index is 12.0. The van der Waals surface area contributed by atoms with E-state index in [4.69, 9.17) is 10.5 Å². The first-order valence-electron chi connectivity index (χ1n) is 6.92. The average molecular weight is 294 g/mol. The van der Waals surface area contributed by atoms with Crippen molar-refractivity contribution < 1.29 is 14.6 Å². The summed E-state index contributed by atoms with van der Waals surface area (Å²) in [5, 5.41) is 10.7. The maximum Gasteiger partial charge on any atom is 0.410 e. The lowest BCUT2D eigenvalue weighted by molar-refractivity contribution is 0.00498. The molecule has 1 aliphatic rings. The van der Waals surface area contributed by atoms with Crippen molar-refractivity contribution in [1.82, 2.24) is 14.9 Å². The molecule has 2 unspecified atom stereocenters. The van der Waals surface area contributed by atoms with Crippen LogP contribution in [0.1, 0.15) is 38.8 Å². The highest BCUT2D eigenvalue weighted by molar-refractivity contribution is 5.68. The number of amides is 1. The smallest absolute Gasteiger partial charge is 0.410 e. The number of ether oxygens (including phenoxy) is 1. The van der Waals surface area contributed by atoms with E-state index in [1.807, 2.05) is 0 Å². The summed E-state index contributed by atoms with van der Waals surface area (Å²) >= 11 is 0. The van der Waals surface area contributed by atoms with Crippen LogP contribution in [0.4, 0.5) is 4.79 Å². The largest absolute Gasteiger partial charge is 0.444 e. The van der Waals surface area contributed by atoms with Crippen molar-refractivity contribution in [2.45, 2.75) is 44.4 Å². The quantitative estimate of drug-likeness (QED) is 0.838. The maximum absolute atomic E-state index is 12.0. The van der Waals surface area contributed by atoms with E-state index in [2.05, 4.69) is 9.97 Å². The molecule has 2 atom stereocenters. The third-order valence-corrected chi connectivity index (χ3v) is 3.45. The molecule has 116 valence electrons. The number of hydrogen-bond donors (Lipinski definition) is 2. The summed E-state index contributed by atoms with van der Waals surface area (Å²) < 4.78 is 5.31. The van der Waals surface area contributed by atoms with E-state index in [-0.39, 0.29) is 6.54 Å². The first kappa shape index (κ1) is 15.7. The van der Waals surface area contributed by atoms with Crippen molar-refractivity contribution in [3.63, 3.8) is 0 Å². The highest BCUT2D eigenvalue weighted by atomic mass is 16.6. The fourth-order valence-electron chi connectivity index (χ4n) is 2.33. The van der Waals surface area contributed by atoms with Crippen LogP contribution in [0.5, 0.6) is 0 Å². The molecule has 1 fully saturated rings. The topological polar surface area (TPSA) is 102 Å². The molecule has 2 heterocycles. The summed E-state index contributed by atoms with van der Waals surface area (Å²) in [6, 6.07) is -0.647. The van der Waals surface area contributed by atoms with Crippen molar-refractivity contribution >= 4 is 6.09 Å². The van der Waals surface area contributed by atoms with E-state index < -0.39 is 23.3 Å². The van der Waals surface area contributed by atoms with Gasteiger partial charge in [0.05, 0.1) is 12.6 Å². The van der Waals surface area contributed by atoms with Gasteiger partial charge in [-0.05, 0) is 27.2 Å². The summed E-state index contributed by atoms with van der Waals surface area (Å²) in [6.45, 7) is 5.96. The standard InChI is InChI=1S/C14H22N4O3/c1-13(2,3)21-12(19)18-5-4-14(20,8-18)11(15)10-6-16-9-17-7-10/h6-7,9,11,20H,4-5,8,15H2,1-3H3. The second-order valence-electron chi connectivity index (χ2n) is 6.40. The van der Waals surface area contributed by atoms with Gasteiger partial charge in [-0.15, -0.1) is 0 Å². The molecule has 1 saturated heterocycles. The molecule has 0 aromatic carbocycles. The normalized spacial score (nSPS) is 24.0. The van der Waals surface area contributed by atoms with Crippen molar-refractivity contribution in [1.29, 1.82) is 0 Å². The van der Waals surface area contributed by atoms with Gasteiger partial charge >= 0.3 is 6.09 Å². The van der Waals surface area contributed by atoms with Crippen LogP contribution < -0.4 is 5.73 Å². The van der Waals surface area contributed by atoms with E-state index >= 15 is 0 Å². The van der Waals surface area contributed by atoms with Crippen LogP contribution in [-0.4, -0.2) is 50.4 Å². The zero-order chi connectivity index (χ0) is 15.7. The number of nitrogens with zero attached hydrogens (tertiary/aromatic N) is 3. The first-order valence-corrected chi connectivity index (χ1v) is 6.92. The summed E-state index contributed by atoms with van der Waals surface area (Å²) in [7, 11) is 0. The molecule has 0 saturated carbocycles. The van der Waals surface area contributed by atoms with E-state index in [1.54, 1.807) is 33.2 Å². The van der Waals surface area contributed by atoms with Gasteiger partial charge in [-0.1, -0.05) is 0 Å². The lowest BCUT2D eigenvalue weighted by Crippen LogP contribution is -2.45. The number of likely N-dealkylation sites (tertiary alicyclic amines) is 1. The van der Waals surface area contributed by atoms with E-state index in [9.17, 15) is 9.90 Å². The van der Waals surface area contributed by atoms with Crippen molar-refractivity contribution in [2.24, 2.45) is 5.73 Å². The van der Waals surface area contributed by atoms with Gasteiger partial charge in [0.1, 0.15) is 17.5 Å². The highest BCUT2D eigenvalue weighted by Gasteiger charge is 2.44. The van der Waals surface area contributed by atoms with Crippen LogP contribution in [-0.2, 0) is 4.74 Å². The number of aliphatic hydroxyl groups is 1. The Morgan fingerprint density at radius 3 is 2.67 bits per heavy atom. The van der Waals surface area contributed by atoms with Gasteiger partial charge in [-0.3, -0.25) is 0 Å². The Kier molecular flexibility index (Phi) is 4.15. The summed E-state index contributed by atoms with van der Waals surface area (Å²) in [4.78, 5) is 21.3. The lowest BCUT2D eigenvalue weighted by atomic mass is 9.90. The Balaban J connectivity index is 2.05. The molecule has 1 aromatic rings. The summed E-state index contributed by atoms with van der Waals surface area (Å²) in [6.07, 6.45) is 4.51. The monoisotopic (exact) mass is 294 g/mol. The molecule has 1 amide bonds. The number of carbonyl (C=O) groups excluding carboxylic acids is 1. The number of β-amino-alcohol motifs (C(OH)–C–C–N with tert-alkyl or cyclic N) is 1. The van der Waals surface area contributed by atoms with Gasteiger partial charge in [0, 0.05) is 24.5 Å². The SMILES string of the molecule is CC(C)(C)OC(=O)N1CCC(O)(C(N)c2cncnc2)C1. The summed E-state index contributed by atoms with van der Waals surface area (Å²) in [5.41, 5.74) is 5.00. The van der Waals surface area contributed by atoms with Crippen LogP contribution in [0, 0.1) is 0 Å². The number of aromatic nitrogens is 2. The Morgan fingerprint density at radius 1 is 1.48 bits per heavy atom. The van der Waals surface area contributed by atoms with Crippen molar-refractivity contribution in [3.8, 4) is 0 Å². The highest BCUT2D eigenvalue weighted by Crippen LogP contribution is 2.32. The molecular formula is C14H22N4O3. The van der Waals surface area contributed by atoms with Crippen LogP contribution in [0.2, 0.25) is 0 Å². The van der Waals surface area contributed by atoms with Crippen molar-refractivity contribution in [2.75, 3.05) is 13.1 Å². The molecule has 1 aliphatic heterocycles. The third-order valence-electron chi connectivity index (χ3n) is 3.45. The van der Waals surface area contributed by atoms with Gasteiger partial charge in [-0.2, -0.15) is 0 Å². The fourth-order valence-corrected chi connectivity index (χ4v) is 2.33. The predicted molar refractivity (Wildman–Crippen MR) is 76.3 cm³/mol. The van der Waals surface area contributed by atoms with E-state index in [0.717, 1.165) is 0 Å². The zero-order valence-electron chi connectivity index (χ0n) is 12.6. The minimum absolute atomic E-state index is 0.137. The third kappa shape index (κ3) is 3.68. The van der Waals surface area contributed by atoms with Crippen LogP contribution in [0.25, 0.3) is 0 Å². The average Bonchev–Trinajstić information content (AvgIpc) is 2.81. The molecule has 3 N–H and O–H groups in total. The number of nitrogens with two attached hydrogens (primary N) is 1. The molecule has 7 heteroatoms. The van der Waals surface area contributed by atoms with Gasteiger partial charge < -0.3 is 20.5 Å². The Morgan fingerprint density at radius 2 is 2.10 bits per heavy atom.